The van der Waals surface area contributed by atoms with Crippen LogP contribution in [0.2, 0.25) is 0 Å². The number of ether oxygens (including phenoxy) is 2. The van der Waals surface area contributed by atoms with Gasteiger partial charge in [-0.05, 0) is 85.9 Å². The molecule has 0 aromatic carbocycles. The Labute approximate surface area is 218 Å². The molecule has 0 saturated heterocycles. The number of rotatable bonds is 7. The molecule has 0 aliphatic heterocycles. The number of carbonyl (C=O) groups is 2. The first-order valence-electron chi connectivity index (χ1n) is 14.8. The van der Waals surface area contributed by atoms with Gasteiger partial charge in [0.1, 0.15) is 12.2 Å². The average Bonchev–Trinajstić information content (AvgIpc) is 3.12. The summed E-state index contributed by atoms with van der Waals surface area (Å²) >= 11 is 0. The van der Waals surface area contributed by atoms with E-state index in [1.807, 2.05) is 0 Å². The van der Waals surface area contributed by atoms with Crippen LogP contribution in [-0.2, 0) is 19.1 Å². The summed E-state index contributed by atoms with van der Waals surface area (Å²) in [5.74, 6) is 2.69. The molecule has 0 amide bonds. The van der Waals surface area contributed by atoms with E-state index >= 15 is 4.39 Å². The summed E-state index contributed by atoms with van der Waals surface area (Å²) in [6.07, 6.45) is 9.56. The van der Waals surface area contributed by atoms with Crippen LogP contribution in [-0.4, -0.2) is 29.8 Å². The zero-order chi connectivity index (χ0) is 26.5. The van der Waals surface area contributed by atoms with Crippen LogP contribution in [0.3, 0.4) is 0 Å². The summed E-state index contributed by atoms with van der Waals surface area (Å²) in [6.45, 7) is 14.5. The summed E-state index contributed by atoms with van der Waals surface area (Å²) in [4.78, 5) is 23.8. The van der Waals surface area contributed by atoms with Crippen LogP contribution in [0.4, 0.5) is 4.39 Å². The Morgan fingerprint density at radius 2 is 1.61 bits per heavy atom. The molecule has 0 heterocycles. The van der Waals surface area contributed by atoms with Crippen LogP contribution in [0.15, 0.2) is 0 Å². The highest BCUT2D eigenvalue weighted by molar-refractivity contribution is 5.66. The normalized spacial score (nSPS) is 44.8. The summed E-state index contributed by atoms with van der Waals surface area (Å²) in [5.41, 5.74) is -1.93. The predicted molar refractivity (Wildman–Crippen MR) is 140 cm³/mol. The van der Waals surface area contributed by atoms with Crippen molar-refractivity contribution in [3.8, 4) is 0 Å². The first-order valence-corrected chi connectivity index (χ1v) is 14.8. The summed E-state index contributed by atoms with van der Waals surface area (Å²) in [6, 6.07) is 0. The van der Waals surface area contributed by atoms with Gasteiger partial charge in [-0.15, -0.1) is 0 Å². The maximum atomic E-state index is 17.3. The van der Waals surface area contributed by atoms with Gasteiger partial charge in [0.05, 0.1) is 0 Å². The smallest absolute Gasteiger partial charge is 0.303 e. The van der Waals surface area contributed by atoms with Crippen molar-refractivity contribution in [3.05, 3.63) is 0 Å². The molecular weight excluding hydrogens is 455 g/mol. The second-order valence-electron chi connectivity index (χ2n) is 14.0. The van der Waals surface area contributed by atoms with Crippen molar-refractivity contribution in [3.63, 3.8) is 0 Å². The summed E-state index contributed by atoms with van der Waals surface area (Å²) in [7, 11) is 0. The molecule has 206 valence electrons. The van der Waals surface area contributed by atoms with E-state index in [2.05, 4.69) is 34.6 Å². The lowest BCUT2D eigenvalue weighted by molar-refractivity contribution is -0.243. The van der Waals surface area contributed by atoms with Crippen LogP contribution >= 0.6 is 0 Å². The lowest BCUT2D eigenvalue weighted by Gasteiger charge is -2.64. The monoisotopic (exact) mass is 506 g/mol. The van der Waals surface area contributed by atoms with E-state index in [1.54, 1.807) is 0 Å². The second kappa shape index (κ2) is 10.2. The molecule has 0 aromatic rings. The number of fused-ring (bicyclic) bond motifs is 5. The minimum Gasteiger partial charge on any atom is -0.462 e. The van der Waals surface area contributed by atoms with E-state index in [1.165, 1.54) is 52.4 Å². The molecule has 5 heteroatoms. The number of carbonyl (C=O) groups excluding carboxylic acids is 2. The SMILES string of the molecule is CC(=O)O[C@@H]1CC[C@]2(C)[C@H]3CC[C@]4(C)[C@@H]([C@H](C)CCCC(C)C)CC[C@H]4[C@@H]3C[C@H](OC(C)=O)[C@@]2(F)C1. The molecule has 0 unspecified atom stereocenters. The molecule has 0 N–H and O–H groups in total. The molecule has 0 radical (unpaired) electrons. The number of hydrogen-bond donors (Lipinski definition) is 0. The third kappa shape index (κ3) is 4.75. The Hall–Kier alpha value is -1.13. The third-order valence-electron chi connectivity index (χ3n) is 11.6. The van der Waals surface area contributed by atoms with E-state index < -0.39 is 29.3 Å². The Bertz CT molecular complexity index is 827. The second-order valence-corrected chi connectivity index (χ2v) is 14.0. The van der Waals surface area contributed by atoms with E-state index in [-0.39, 0.29) is 12.4 Å². The Balaban J connectivity index is 1.59. The molecule has 4 nitrogen and oxygen atoms in total. The Morgan fingerprint density at radius 1 is 0.917 bits per heavy atom. The maximum absolute atomic E-state index is 17.3. The largest absolute Gasteiger partial charge is 0.462 e. The molecular formula is C31H51FO4. The van der Waals surface area contributed by atoms with E-state index in [0.717, 1.165) is 24.2 Å². The van der Waals surface area contributed by atoms with Crippen LogP contribution in [0.1, 0.15) is 119 Å². The number of hydrogen-bond acceptors (Lipinski definition) is 4. The van der Waals surface area contributed by atoms with Crippen LogP contribution in [0, 0.1) is 46.3 Å². The Kier molecular flexibility index (Phi) is 7.91. The van der Waals surface area contributed by atoms with Crippen molar-refractivity contribution in [1.29, 1.82) is 0 Å². The van der Waals surface area contributed by atoms with Crippen LogP contribution in [0.25, 0.3) is 0 Å². The average molecular weight is 507 g/mol. The van der Waals surface area contributed by atoms with Gasteiger partial charge < -0.3 is 9.47 Å². The highest BCUT2D eigenvalue weighted by atomic mass is 19.1. The first kappa shape index (κ1) is 27.9. The molecule has 4 aliphatic rings. The van der Waals surface area contributed by atoms with Crippen LogP contribution < -0.4 is 0 Å². The van der Waals surface area contributed by atoms with E-state index in [4.69, 9.17) is 9.47 Å². The van der Waals surface area contributed by atoms with Gasteiger partial charge in [0.2, 0.25) is 0 Å². The molecule has 0 bridgehead atoms. The number of alkyl halides is 1. The van der Waals surface area contributed by atoms with Gasteiger partial charge in [-0.3, -0.25) is 9.59 Å². The predicted octanol–water partition coefficient (Wildman–Crippen LogP) is 7.67. The molecule has 4 rings (SSSR count). The summed E-state index contributed by atoms with van der Waals surface area (Å²) in [5, 5.41) is 0. The van der Waals surface area contributed by atoms with Gasteiger partial charge in [0, 0.05) is 25.7 Å². The molecule has 0 spiro atoms. The highest BCUT2D eigenvalue weighted by Crippen LogP contribution is 2.70. The van der Waals surface area contributed by atoms with E-state index in [0.29, 0.717) is 42.4 Å². The van der Waals surface area contributed by atoms with Gasteiger partial charge in [0.25, 0.3) is 0 Å². The zero-order valence-corrected chi connectivity index (χ0v) is 23.9. The van der Waals surface area contributed by atoms with E-state index in [9.17, 15) is 9.59 Å². The lowest BCUT2D eigenvalue weighted by atomic mass is 9.42. The van der Waals surface area contributed by atoms with Gasteiger partial charge in [-0.1, -0.05) is 53.9 Å². The Morgan fingerprint density at radius 3 is 2.25 bits per heavy atom. The summed E-state index contributed by atoms with van der Waals surface area (Å²) < 4.78 is 28.6. The maximum Gasteiger partial charge on any atom is 0.303 e. The molecule has 4 aliphatic carbocycles. The molecule has 4 fully saturated rings. The van der Waals surface area contributed by atoms with Crippen molar-refractivity contribution < 1.29 is 23.5 Å². The number of esters is 2. The number of halogens is 1. The fourth-order valence-corrected chi connectivity index (χ4v) is 9.87. The minimum atomic E-state index is -1.66. The minimum absolute atomic E-state index is 0.141. The standard InChI is InChI=1S/C31H51FO4/c1-19(2)9-8-10-20(3)25-11-12-26-24-17-28(36-22(5)34)31(32)18-23(35-21(4)33)13-16-30(31,7)27(24)14-15-29(25,26)6/h19-20,23-28H,8-18H2,1-7H3/t20-,23-,24+,25-,26+,27+,28+,29-,30-,31+/m1/s1. The third-order valence-corrected chi connectivity index (χ3v) is 11.6. The van der Waals surface area contributed by atoms with Crippen molar-refractivity contribution >= 4 is 11.9 Å². The molecule has 0 aromatic heterocycles. The molecule has 4 saturated carbocycles. The van der Waals surface area contributed by atoms with Crippen LogP contribution in [0.5, 0.6) is 0 Å². The van der Waals surface area contributed by atoms with Crippen molar-refractivity contribution in [2.75, 3.05) is 0 Å². The van der Waals surface area contributed by atoms with Crippen molar-refractivity contribution in [2.24, 2.45) is 46.3 Å². The highest BCUT2D eigenvalue weighted by Gasteiger charge is 2.70. The zero-order valence-electron chi connectivity index (χ0n) is 23.9. The van der Waals surface area contributed by atoms with Gasteiger partial charge in [0.15, 0.2) is 5.67 Å². The molecule has 10 atom stereocenters. The lowest BCUT2D eigenvalue weighted by Crippen LogP contribution is -2.67. The quantitative estimate of drug-likeness (QED) is 0.332. The molecule has 36 heavy (non-hydrogen) atoms. The fraction of sp³-hybridized carbons (Fsp3) is 0.935. The van der Waals surface area contributed by atoms with Gasteiger partial charge in [-0.2, -0.15) is 0 Å². The van der Waals surface area contributed by atoms with Crippen molar-refractivity contribution in [1.82, 2.24) is 0 Å². The van der Waals surface area contributed by atoms with Gasteiger partial charge >= 0.3 is 11.9 Å². The van der Waals surface area contributed by atoms with Crippen molar-refractivity contribution in [2.45, 2.75) is 137 Å². The van der Waals surface area contributed by atoms with Gasteiger partial charge in [-0.25, -0.2) is 4.39 Å². The topological polar surface area (TPSA) is 52.6 Å². The first-order chi connectivity index (χ1) is 16.8. The fourth-order valence-electron chi connectivity index (χ4n) is 9.87.